The first kappa shape index (κ1) is 18.7. The van der Waals surface area contributed by atoms with Crippen LogP contribution in [-0.2, 0) is 10.2 Å². The summed E-state index contributed by atoms with van der Waals surface area (Å²) in [5, 5.41) is 12.3. The molecule has 1 fully saturated rings. The molecule has 1 aliphatic rings. The van der Waals surface area contributed by atoms with Crippen molar-refractivity contribution in [3.05, 3.63) is 10.0 Å². The molecule has 0 aromatic carbocycles. The standard InChI is InChI=1S/C14H19ClN4OS.FH/c1-14(2,3)10-11(15)18-13(21-10)19(4)12(20)8-5-9(6-8)17-7-16;/h8-9,17H,5-6H2,1-4H3;1H. The Hall–Kier alpha value is -1.39. The van der Waals surface area contributed by atoms with Crippen LogP contribution in [0, 0.1) is 17.4 Å². The van der Waals surface area contributed by atoms with E-state index < -0.39 is 0 Å². The topological polar surface area (TPSA) is 69.0 Å². The van der Waals surface area contributed by atoms with E-state index in [2.05, 4.69) is 31.1 Å². The maximum atomic E-state index is 12.4. The molecule has 0 bridgehead atoms. The van der Waals surface area contributed by atoms with Gasteiger partial charge in [0.1, 0.15) is 5.15 Å². The minimum absolute atomic E-state index is 0. The lowest BCUT2D eigenvalue weighted by Crippen LogP contribution is -2.46. The first-order valence-electron chi connectivity index (χ1n) is 6.83. The number of nitrogens with one attached hydrogen (secondary N) is 1. The molecule has 1 aromatic heterocycles. The van der Waals surface area contributed by atoms with Gasteiger partial charge in [-0.25, -0.2) is 4.98 Å². The second kappa shape index (κ2) is 6.80. The van der Waals surface area contributed by atoms with E-state index in [-0.39, 0.29) is 28.0 Å². The highest BCUT2D eigenvalue weighted by Gasteiger charge is 2.37. The van der Waals surface area contributed by atoms with Crippen LogP contribution in [0.15, 0.2) is 0 Å². The molecule has 2 rings (SSSR count). The molecule has 0 aliphatic heterocycles. The van der Waals surface area contributed by atoms with E-state index >= 15 is 0 Å². The van der Waals surface area contributed by atoms with Gasteiger partial charge in [-0.05, 0) is 18.3 Å². The molecule has 8 heteroatoms. The highest BCUT2D eigenvalue weighted by atomic mass is 35.5. The van der Waals surface area contributed by atoms with Crippen LogP contribution in [-0.4, -0.2) is 24.0 Å². The molecule has 1 aliphatic carbocycles. The Bertz CT molecular complexity index is 587. The lowest BCUT2D eigenvalue weighted by molar-refractivity contribution is -0.125. The molecule has 5 nitrogen and oxygen atoms in total. The normalized spacial score (nSPS) is 20.4. The average Bonchev–Trinajstić information content (AvgIpc) is 2.73. The predicted molar refractivity (Wildman–Crippen MR) is 87.0 cm³/mol. The van der Waals surface area contributed by atoms with Gasteiger partial charge in [-0.15, -0.1) is 0 Å². The SMILES string of the molecule is CN(C(=O)C1CC(NC#N)C1)c1nc(Cl)c(C(C)(C)C)s1.F. The third-order valence-electron chi connectivity index (χ3n) is 3.63. The van der Waals surface area contributed by atoms with Crippen LogP contribution in [0.25, 0.3) is 0 Å². The molecule has 122 valence electrons. The number of hydrogen-bond acceptors (Lipinski definition) is 5. The lowest BCUT2D eigenvalue weighted by Gasteiger charge is -2.34. The summed E-state index contributed by atoms with van der Waals surface area (Å²) in [5.41, 5.74) is -0.0881. The van der Waals surface area contributed by atoms with Gasteiger partial charge in [0.2, 0.25) is 5.91 Å². The van der Waals surface area contributed by atoms with Crippen molar-refractivity contribution in [2.24, 2.45) is 5.92 Å². The summed E-state index contributed by atoms with van der Waals surface area (Å²) < 4.78 is 0. The second-order valence-corrected chi connectivity index (χ2v) is 7.72. The average molecular weight is 347 g/mol. The van der Waals surface area contributed by atoms with Gasteiger partial charge in [-0.3, -0.25) is 14.4 Å². The maximum absolute atomic E-state index is 12.4. The fraction of sp³-hybridized carbons (Fsp3) is 0.643. The molecule has 1 amide bonds. The van der Waals surface area contributed by atoms with E-state index in [4.69, 9.17) is 16.9 Å². The third-order valence-corrected chi connectivity index (χ3v) is 5.57. The number of aromatic nitrogens is 1. The summed E-state index contributed by atoms with van der Waals surface area (Å²) in [5.74, 6) is -0.00141. The first-order chi connectivity index (χ1) is 9.74. The minimum Gasteiger partial charge on any atom is -0.321 e. The molecule has 0 spiro atoms. The van der Waals surface area contributed by atoms with Crippen molar-refractivity contribution in [1.82, 2.24) is 10.3 Å². The molecule has 1 heterocycles. The zero-order chi connectivity index (χ0) is 15.8. The van der Waals surface area contributed by atoms with Crippen LogP contribution in [0.1, 0.15) is 38.5 Å². The fourth-order valence-electron chi connectivity index (χ4n) is 2.29. The summed E-state index contributed by atoms with van der Waals surface area (Å²) in [6.07, 6.45) is 3.31. The van der Waals surface area contributed by atoms with E-state index in [1.54, 1.807) is 11.9 Å². The summed E-state index contributed by atoms with van der Waals surface area (Å²) in [6.45, 7) is 6.21. The summed E-state index contributed by atoms with van der Waals surface area (Å²) in [4.78, 5) is 19.3. The zero-order valence-corrected chi connectivity index (χ0v) is 14.6. The van der Waals surface area contributed by atoms with Crippen molar-refractivity contribution in [2.75, 3.05) is 11.9 Å². The van der Waals surface area contributed by atoms with Crippen LogP contribution in [0.2, 0.25) is 5.15 Å². The molecule has 0 radical (unpaired) electrons. The Morgan fingerprint density at radius 1 is 1.50 bits per heavy atom. The van der Waals surface area contributed by atoms with Crippen molar-refractivity contribution in [2.45, 2.75) is 45.1 Å². The second-order valence-electron chi connectivity index (χ2n) is 6.39. The number of carbonyl (C=O) groups excluding carboxylic acids is 1. The van der Waals surface area contributed by atoms with Crippen molar-refractivity contribution < 1.29 is 9.50 Å². The van der Waals surface area contributed by atoms with Gasteiger partial charge in [0.05, 0.1) is 4.88 Å². The molecule has 1 N–H and O–H groups in total. The van der Waals surface area contributed by atoms with Crippen molar-refractivity contribution in [3.63, 3.8) is 0 Å². The number of carbonyl (C=O) groups is 1. The molecule has 0 unspecified atom stereocenters. The van der Waals surface area contributed by atoms with Crippen LogP contribution >= 0.6 is 22.9 Å². The smallest absolute Gasteiger partial charge is 0.231 e. The monoisotopic (exact) mass is 346 g/mol. The summed E-state index contributed by atoms with van der Waals surface area (Å²) >= 11 is 7.65. The summed E-state index contributed by atoms with van der Waals surface area (Å²) in [7, 11) is 1.73. The van der Waals surface area contributed by atoms with Crippen molar-refractivity contribution >= 4 is 34.0 Å². The number of nitriles is 1. The predicted octanol–water partition coefficient (Wildman–Crippen LogP) is 3.06. The quantitative estimate of drug-likeness (QED) is 0.674. The third kappa shape index (κ3) is 3.68. The number of halogens is 2. The Balaban J connectivity index is 0.00000242. The van der Waals surface area contributed by atoms with Crippen molar-refractivity contribution in [1.29, 1.82) is 5.26 Å². The highest BCUT2D eigenvalue weighted by Crippen LogP contribution is 2.39. The van der Waals surface area contributed by atoms with Gasteiger partial charge in [0, 0.05) is 19.0 Å². The van der Waals surface area contributed by atoms with Gasteiger partial charge in [0.25, 0.3) is 0 Å². The molecule has 0 atom stereocenters. The molecular formula is C14H20ClFN4OS. The molecule has 0 saturated heterocycles. The van der Waals surface area contributed by atoms with Gasteiger partial charge in [0.15, 0.2) is 11.3 Å². The lowest BCUT2D eigenvalue weighted by atomic mass is 9.79. The zero-order valence-electron chi connectivity index (χ0n) is 13.0. The molecule has 1 saturated carbocycles. The van der Waals surface area contributed by atoms with Crippen LogP contribution in [0.5, 0.6) is 0 Å². The number of amides is 1. The minimum atomic E-state index is -0.0881. The maximum Gasteiger partial charge on any atom is 0.231 e. The van der Waals surface area contributed by atoms with Gasteiger partial charge in [-0.2, -0.15) is 5.26 Å². The van der Waals surface area contributed by atoms with E-state index in [1.807, 2.05) is 6.19 Å². The first-order valence-corrected chi connectivity index (χ1v) is 8.02. The molecule has 1 aromatic rings. The van der Waals surface area contributed by atoms with E-state index in [1.165, 1.54) is 11.3 Å². The molecule has 22 heavy (non-hydrogen) atoms. The largest absolute Gasteiger partial charge is 0.321 e. The number of rotatable bonds is 3. The Morgan fingerprint density at radius 3 is 2.55 bits per heavy atom. The Kier molecular flexibility index (Phi) is 5.76. The molecular weight excluding hydrogens is 327 g/mol. The number of anilines is 1. The van der Waals surface area contributed by atoms with Crippen LogP contribution < -0.4 is 10.2 Å². The van der Waals surface area contributed by atoms with E-state index in [9.17, 15) is 4.79 Å². The van der Waals surface area contributed by atoms with E-state index in [0.29, 0.717) is 23.1 Å². The van der Waals surface area contributed by atoms with Crippen LogP contribution in [0.3, 0.4) is 0 Å². The number of nitrogens with zero attached hydrogens (tertiary/aromatic N) is 3. The van der Waals surface area contributed by atoms with Gasteiger partial charge < -0.3 is 5.32 Å². The van der Waals surface area contributed by atoms with Gasteiger partial charge >= 0.3 is 0 Å². The number of hydrogen-bond donors (Lipinski definition) is 1. The highest BCUT2D eigenvalue weighted by molar-refractivity contribution is 7.16. The van der Waals surface area contributed by atoms with Crippen molar-refractivity contribution in [3.8, 4) is 6.19 Å². The number of thiazole rings is 1. The fourth-order valence-corrected chi connectivity index (χ4v) is 3.81. The van der Waals surface area contributed by atoms with E-state index in [0.717, 1.165) is 4.88 Å². The Morgan fingerprint density at radius 2 is 2.09 bits per heavy atom. The summed E-state index contributed by atoms with van der Waals surface area (Å²) in [6, 6.07) is 0.127. The van der Waals surface area contributed by atoms with Crippen LogP contribution in [0.4, 0.5) is 9.84 Å². The Labute approximate surface area is 138 Å². The van der Waals surface area contributed by atoms with Gasteiger partial charge in [-0.1, -0.05) is 43.7 Å².